The average Bonchev–Trinajstić information content (AvgIpc) is 3.40. The van der Waals surface area contributed by atoms with E-state index in [1.807, 2.05) is 0 Å². The van der Waals surface area contributed by atoms with Crippen LogP contribution in [0.3, 0.4) is 0 Å². The van der Waals surface area contributed by atoms with Gasteiger partial charge in [-0.25, -0.2) is 19.2 Å². The number of esters is 2. The molecule has 2 aromatic rings. The van der Waals surface area contributed by atoms with E-state index in [2.05, 4.69) is 0 Å². The number of hydrogen-bond donors (Lipinski definition) is 16. The van der Waals surface area contributed by atoms with Crippen molar-refractivity contribution in [1.82, 2.24) is 0 Å². The number of carbonyl (C=O) groups is 4. The first kappa shape index (κ1) is 61.0. The standard InChI is InChI=1S/C46H66N4O27/c1-49-29-21(10-70-46-37(59)34(56)35(57)39(77-46)41(62)63)31(53)27(13-68-15-72-42(64)19-7-17(47)3-5-24(19)51)74-26(29)12-67-9-23-33(55)36(58)45(76-38(23)40(60)61)71-11-22-30(50-2)44(66)75-28(32(22)54)14-69-16-73-43(65)20-8-18(48)4-6-25(20)52/h3-8,21-23,26-39,44-46,49-59,66H,9-16,47-48H2,1-2H3,(H,60,61)(H,62,63)/p+2/t21-,22-,23-,26-,27?,28?,29?,30?,31-,32-,33+,34+,35-,36?,37?,38?,39?,44+,45+,46+/m0/s1. The molecule has 2 aromatic carbocycles. The molecule has 20 N–H and O–H groups in total. The van der Waals surface area contributed by atoms with Gasteiger partial charge in [-0.2, -0.15) is 0 Å². The van der Waals surface area contributed by atoms with E-state index in [9.17, 15) is 80.5 Å². The molecule has 4 heterocycles. The Morgan fingerprint density at radius 2 is 0.961 bits per heavy atom. The van der Waals surface area contributed by atoms with Gasteiger partial charge in [0.2, 0.25) is 6.29 Å². The van der Waals surface area contributed by atoms with Gasteiger partial charge < -0.3 is 135 Å². The summed E-state index contributed by atoms with van der Waals surface area (Å²) in [6, 6.07) is 5.72. The summed E-state index contributed by atoms with van der Waals surface area (Å²) >= 11 is 0. The first-order valence-corrected chi connectivity index (χ1v) is 24.2. The van der Waals surface area contributed by atoms with E-state index in [0.29, 0.717) is 0 Å². The third kappa shape index (κ3) is 14.7. The quantitative estimate of drug-likeness (QED) is 0.0153. The zero-order chi connectivity index (χ0) is 56.4. The van der Waals surface area contributed by atoms with Crippen LogP contribution in [-0.4, -0.2) is 257 Å². The van der Waals surface area contributed by atoms with Crippen molar-refractivity contribution >= 4 is 35.3 Å². The maximum Gasteiger partial charge on any atom is 0.344 e. The topological polar surface area (TPSA) is 498 Å². The van der Waals surface area contributed by atoms with Crippen LogP contribution in [0.1, 0.15) is 20.7 Å². The van der Waals surface area contributed by atoms with E-state index >= 15 is 0 Å². The summed E-state index contributed by atoms with van der Waals surface area (Å²) in [5, 5.41) is 131. The number of aliphatic carboxylic acids is 2. The number of aliphatic hydroxyl groups excluding tert-OH is 8. The SMILES string of the molecule is C[NH2+]C1[C@H](O)OC(COCOC(=O)c2cc(N)ccc2O)[C@@H](O)[C@H]1CO[C@@H]1OC(C(=O)O)[C@@H](COC[C@@H]2OC(COCOC(=O)c3cc(N)ccc3O)[C@@H](O)[C@@H](CO[C@@H]3OC(C(=O)O)[C@@H](O)[C@@H](O)C3O)C2[NH2+]C)[C@@H](O)C1O. The highest BCUT2D eigenvalue weighted by molar-refractivity contribution is 5.94. The number of nitrogens with two attached hydrogens (primary N) is 4. The van der Waals surface area contributed by atoms with E-state index in [1.165, 1.54) is 41.7 Å². The van der Waals surface area contributed by atoms with Crippen molar-refractivity contribution in [1.29, 1.82) is 0 Å². The highest BCUT2D eigenvalue weighted by Gasteiger charge is 2.53. The molecule has 4 fully saturated rings. The number of ether oxygens (including phenoxy) is 11. The van der Waals surface area contributed by atoms with E-state index in [0.717, 1.165) is 0 Å². The van der Waals surface area contributed by atoms with Crippen molar-refractivity contribution in [3.63, 3.8) is 0 Å². The van der Waals surface area contributed by atoms with Crippen molar-refractivity contribution in [2.45, 2.75) is 104 Å². The zero-order valence-corrected chi connectivity index (χ0v) is 41.5. The number of rotatable bonds is 24. The van der Waals surface area contributed by atoms with Gasteiger partial charge in [-0.05, 0) is 36.4 Å². The predicted molar refractivity (Wildman–Crippen MR) is 248 cm³/mol. The van der Waals surface area contributed by atoms with Crippen LogP contribution in [0, 0.1) is 17.8 Å². The largest absolute Gasteiger partial charge is 0.507 e. The normalized spacial score (nSPS) is 35.5. The van der Waals surface area contributed by atoms with Gasteiger partial charge in [0.05, 0.1) is 83.9 Å². The fourth-order valence-electron chi connectivity index (χ4n) is 9.47. The van der Waals surface area contributed by atoms with Gasteiger partial charge in [0.25, 0.3) is 0 Å². The Kier molecular flexibility index (Phi) is 21.8. The minimum Gasteiger partial charge on any atom is -0.507 e. The molecule has 4 aliphatic heterocycles. The highest BCUT2D eigenvalue weighted by atomic mass is 16.7. The van der Waals surface area contributed by atoms with Gasteiger partial charge in [-0.1, -0.05) is 0 Å². The van der Waals surface area contributed by atoms with Crippen molar-refractivity contribution < 1.29 is 143 Å². The third-order valence-corrected chi connectivity index (χ3v) is 13.7. The number of hydrogen-bond acceptors (Lipinski definition) is 27. The number of phenols is 2. The molecule has 0 bridgehead atoms. The smallest absolute Gasteiger partial charge is 0.344 e. The fourth-order valence-corrected chi connectivity index (χ4v) is 9.47. The molecular weight excluding hydrogens is 1040 g/mol. The fraction of sp³-hybridized carbons (Fsp3) is 0.652. The van der Waals surface area contributed by atoms with Gasteiger partial charge in [-0.3, -0.25) is 0 Å². The first-order chi connectivity index (χ1) is 36.6. The van der Waals surface area contributed by atoms with Crippen LogP contribution in [0.4, 0.5) is 11.4 Å². The van der Waals surface area contributed by atoms with Crippen LogP contribution in [0.25, 0.3) is 0 Å². The van der Waals surface area contributed by atoms with Gasteiger partial charge >= 0.3 is 23.9 Å². The molecule has 0 spiro atoms. The number of carboxylic acid groups (broad SMARTS) is 2. The average molecular weight is 1110 g/mol. The number of nitrogen functional groups attached to an aromatic ring is 2. The molecule has 0 amide bonds. The molecular formula is C46H68N4O27+2. The molecule has 4 saturated heterocycles. The summed E-state index contributed by atoms with van der Waals surface area (Å²) in [5.74, 6) is -9.60. The summed E-state index contributed by atoms with van der Waals surface area (Å²) in [4.78, 5) is 49.5. The Bertz CT molecular complexity index is 2290. The highest BCUT2D eigenvalue weighted by Crippen LogP contribution is 2.33. The number of anilines is 2. The lowest BCUT2D eigenvalue weighted by Gasteiger charge is -2.45. The monoisotopic (exact) mass is 1110 g/mol. The Hall–Kier alpha value is -5.24. The minimum atomic E-state index is -2.02. The number of carbonyl (C=O) groups excluding carboxylic acids is 2. The molecule has 8 unspecified atom stereocenters. The van der Waals surface area contributed by atoms with Crippen molar-refractivity contribution in [3.05, 3.63) is 47.5 Å². The Balaban J connectivity index is 1.08. The summed E-state index contributed by atoms with van der Waals surface area (Å²) < 4.78 is 61.1. The third-order valence-electron chi connectivity index (χ3n) is 13.7. The summed E-state index contributed by atoms with van der Waals surface area (Å²) in [6.07, 6.45) is -25.4. The number of phenolic OH excluding ortho intramolecular Hbond substituents is 2. The van der Waals surface area contributed by atoms with Crippen molar-refractivity contribution in [2.24, 2.45) is 17.8 Å². The molecule has 4 aliphatic rings. The lowest BCUT2D eigenvalue weighted by atomic mass is 9.84. The van der Waals surface area contributed by atoms with E-state index in [4.69, 9.17) is 63.6 Å². The van der Waals surface area contributed by atoms with E-state index < -0.39 is 211 Å². The van der Waals surface area contributed by atoms with Crippen molar-refractivity contribution in [2.75, 3.05) is 78.8 Å². The Labute approximate surface area is 437 Å². The molecule has 20 atom stereocenters. The second-order valence-electron chi connectivity index (χ2n) is 18.6. The molecule has 0 aliphatic carbocycles. The molecule has 0 saturated carbocycles. The van der Waals surface area contributed by atoms with E-state index in [-0.39, 0.29) is 22.5 Å². The van der Waals surface area contributed by atoms with Gasteiger partial charge in [0.1, 0.15) is 77.4 Å². The first-order valence-electron chi connectivity index (χ1n) is 24.2. The maximum absolute atomic E-state index is 12.7. The molecule has 31 heteroatoms. The second-order valence-corrected chi connectivity index (χ2v) is 18.6. The molecule has 0 aromatic heterocycles. The molecule has 432 valence electrons. The summed E-state index contributed by atoms with van der Waals surface area (Å²) in [7, 11) is 3.14. The Morgan fingerprint density at radius 3 is 1.45 bits per heavy atom. The van der Waals surface area contributed by atoms with Crippen LogP contribution in [0.15, 0.2) is 36.4 Å². The van der Waals surface area contributed by atoms with Crippen LogP contribution in [-0.2, 0) is 61.7 Å². The van der Waals surface area contributed by atoms with Crippen LogP contribution >= 0.6 is 0 Å². The number of aromatic hydroxyl groups is 2. The van der Waals surface area contributed by atoms with Crippen molar-refractivity contribution in [3.8, 4) is 11.5 Å². The molecule has 6 rings (SSSR count). The van der Waals surface area contributed by atoms with Gasteiger partial charge in [-0.15, -0.1) is 0 Å². The van der Waals surface area contributed by atoms with E-state index in [1.54, 1.807) is 19.4 Å². The zero-order valence-electron chi connectivity index (χ0n) is 41.5. The number of likely N-dealkylation sites (N-methyl/N-ethyl adjacent to an activating group) is 2. The minimum absolute atomic E-state index is 0.153. The molecule has 31 nitrogen and oxygen atoms in total. The predicted octanol–water partition coefficient (Wildman–Crippen LogP) is -8.12. The van der Waals surface area contributed by atoms with Crippen LogP contribution in [0.5, 0.6) is 11.5 Å². The van der Waals surface area contributed by atoms with Gasteiger partial charge in [0.15, 0.2) is 38.4 Å². The Morgan fingerprint density at radius 1 is 0.506 bits per heavy atom. The van der Waals surface area contributed by atoms with Crippen LogP contribution < -0.4 is 22.1 Å². The summed E-state index contributed by atoms with van der Waals surface area (Å²) in [6.45, 7) is -4.36. The summed E-state index contributed by atoms with van der Waals surface area (Å²) in [5.41, 5.74) is 11.2. The number of benzene rings is 2. The van der Waals surface area contributed by atoms with Gasteiger partial charge in [0, 0.05) is 17.3 Å². The lowest BCUT2D eigenvalue weighted by molar-refractivity contribution is -0.694. The molecule has 77 heavy (non-hydrogen) atoms. The maximum atomic E-state index is 12.7. The molecule has 0 radical (unpaired) electrons. The lowest BCUT2D eigenvalue weighted by Crippen LogP contribution is -2.93. The number of quaternary nitrogens is 2. The second kappa shape index (κ2) is 27.6. The number of aliphatic hydroxyl groups is 8. The number of carboxylic acids is 2. The van der Waals surface area contributed by atoms with Crippen LogP contribution in [0.2, 0.25) is 0 Å².